The summed E-state index contributed by atoms with van der Waals surface area (Å²) in [5, 5.41) is 10.3. The number of hydrogen-bond donors (Lipinski definition) is 0. The van der Waals surface area contributed by atoms with Gasteiger partial charge in [0.25, 0.3) is 0 Å². The van der Waals surface area contributed by atoms with Gasteiger partial charge < -0.3 is 9.47 Å². The first kappa shape index (κ1) is 28.0. The van der Waals surface area contributed by atoms with Crippen molar-refractivity contribution in [2.24, 2.45) is 0 Å². The van der Waals surface area contributed by atoms with E-state index in [2.05, 4.69) is 179 Å². The van der Waals surface area contributed by atoms with Gasteiger partial charge in [-0.15, -0.1) is 22.7 Å². The third kappa shape index (κ3) is 4.07. The zero-order valence-electron chi connectivity index (χ0n) is 26.9. The molecule has 0 radical (unpaired) electrons. The lowest BCUT2D eigenvalue weighted by Crippen LogP contribution is -2.10. The van der Waals surface area contributed by atoms with Gasteiger partial charge >= 0.3 is 0 Å². The fourth-order valence-corrected chi connectivity index (χ4v) is 10.3. The van der Waals surface area contributed by atoms with Crippen LogP contribution in [0.4, 0.5) is 17.1 Å². The smallest absolute Gasteiger partial charge is 0.0640 e. The van der Waals surface area contributed by atoms with Crippen LogP contribution in [-0.2, 0) is 0 Å². The Balaban J connectivity index is 1.19. The molecule has 0 aliphatic rings. The maximum atomic E-state index is 2.47. The monoisotopic (exact) mass is 672 g/mol. The Bertz CT molecular complexity index is 3110. The number of anilines is 3. The molecule has 0 aliphatic carbocycles. The van der Waals surface area contributed by atoms with Crippen molar-refractivity contribution in [3.05, 3.63) is 170 Å². The van der Waals surface area contributed by atoms with E-state index in [9.17, 15) is 0 Å². The van der Waals surface area contributed by atoms with E-state index >= 15 is 0 Å². The lowest BCUT2D eigenvalue weighted by atomic mass is 10.0. The van der Waals surface area contributed by atoms with Crippen LogP contribution in [0.1, 0.15) is 0 Å². The normalized spacial score (nSPS) is 12.0. The third-order valence-corrected chi connectivity index (χ3v) is 12.5. The van der Waals surface area contributed by atoms with Gasteiger partial charge in [-0.05, 0) is 83.6 Å². The molecule has 0 atom stereocenters. The van der Waals surface area contributed by atoms with Crippen LogP contribution >= 0.6 is 22.7 Å². The molecule has 0 saturated carbocycles. The van der Waals surface area contributed by atoms with Gasteiger partial charge in [-0.2, -0.15) is 0 Å². The van der Waals surface area contributed by atoms with E-state index < -0.39 is 0 Å². The lowest BCUT2D eigenvalue weighted by molar-refractivity contribution is 1.18. The molecule has 11 rings (SSSR count). The van der Waals surface area contributed by atoms with Crippen molar-refractivity contribution in [3.63, 3.8) is 0 Å². The summed E-state index contributed by atoms with van der Waals surface area (Å²) in [5.41, 5.74) is 7.05. The van der Waals surface area contributed by atoms with Gasteiger partial charge in [0.05, 0.1) is 21.4 Å². The van der Waals surface area contributed by atoms with Gasteiger partial charge in [0.15, 0.2) is 0 Å². The first-order chi connectivity index (χ1) is 24.8. The van der Waals surface area contributed by atoms with Gasteiger partial charge in [0.2, 0.25) is 0 Å². The summed E-state index contributed by atoms with van der Waals surface area (Å²) < 4.78 is 7.65. The molecule has 3 aromatic heterocycles. The fourth-order valence-electron chi connectivity index (χ4n) is 7.97. The van der Waals surface area contributed by atoms with E-state index in [1.165, 1.54) is 84.3 Å². The molecule has 234 valence electrons. The van der Waals surface area contributed by atoms with Crippen LogP contribution < -0.4 is 4.90 Å². The third-order valence-electron chi connectivity index (χ3n) is 10.2. The molecule has 0 unspecified atom stereocenters. The van der Waals surface area contributed by atoms with E-state index in [-0.39, 0.29) is 0 Å². The number of aromatic nitrogens is 1. The number of fused-ring (bicyclic) bond motifs is 11. The Morgan fingerprint density at radius 1 is 0.400 bits per heavy atom. The van der Waals surface area contributed by atoms with Gasteiger partial charge in [-0.25, -0.2) is 0 Å². The van der Waals surface area contributed by atoms with Gasteiger partial charge in [0, 0.05) is 63.5 Å². The van der Waals surface area contributed by atoms with Gasteiger partial charge in [0.1, 0.15) is 0 Å². The van der Waals surface area contributed by atoms with Crippen molar-refractivity contribution in [2.45, 2.75) is 0 Å². The summed E-state index contributed by atoms with van der Waals surface area (Å²) in [4.78, 5) is 2.47. The number of hydrogen-bond acceptors (Lipinski definition) is 3. The van der Waals surface area contributed by atoms with E-state index in [1.54, 1.807) is 0 Å². The van der Waals surface area contributed by atoms with Crippen LogP contribution in [0.2, 0.25) is 0 Å². The molecule has 3 heterocycles. The SMILES string of the molecule is c1ccc(-n2c3ccccc3c3cc(N(c4ccc5c(ccc6sc7ccccc7c65)c4)c4cccc5c4sc4ccccc45)ccc32)cc1. The van der Waals surface area contributed by atoms with Gasteiger partial charge in [-0.1, -0.05) is 97.1 Å². The molecule has 8 aromatic carbocycles. The number of benzene rings is 8. The van der Waals surface area contributed by atoms with Gasteiger partial charge in [-0.3, -0.25) is 0 Å². The Kier molecular flexibility index (Phi) is 6.03. The molecule has 0 fully saturated rings. The highest BCUT2D eigenvalue weighted by atomic mass is 32.1. The van der Waals surface area contributed by atoms with Crippen molar-refractivity contribution < 1.29 is 0 Å². The second kappa shape index (κ2) is 10.8. The average Bonchev–Trinajstić information content (AvgIpc) is 3.85. The minimum Gasteiger partial charge on any atom is -0.309 e. The predicted molar refractivity (Wildman–Crippen MR) is 219 cm³/mol. The Hall–Kier alpha value is -5.94. The second-order valence-electron chi connectivity index (χ2n) is 12.9. The van der Waals surface area contributed by atoms with E-state index in [0.717, 1.165) is 11.4 Å². The molecule has 2 nitrogen and oxygen atoms in total. The molecule has 50 heavy (non-hydrogen) atoms. The summed E-state index contributed by atoms with van der Waals surface area (Å²) in [5.74, 6) is 0. The molecule has 0 N–H and O–H groups in total. The predicted octanol–water partition coefficient (Wildman–Crippen LogP) is 14.1. The topological polar surface area (TPSA) is 8.17 Å². The Morgan fingerprint density at radius 3 is 1.96 bits per heavy atom. The van der Waals surface area contributed by atoms with Crippen LogP contribution in [0.5, 0.6) is 0 Å². The number of rotatable bonds is 4. The summed E-state index contributed by atoms with van der Waals surface area (Å²) in [7, 11) is 0. The molecular weight excluding hydrogens is 645 g/mol. The minimum absolute atomic E-state index is 1.14. The average molecular weight is 673 g/mol. The molecule has 0 spiro atoms. The van der Waals surface area contributed by atoms with Crippen molar-refractivity contribution in [1.82, 2.24) is 4.57 Å². The fraction of sp³-hybridized carbons (Fsp3) is 0. The molecule has 0 amide bonds. The molecular formula is C46H28N2S2. The molecule has 0 saturated heterocycles. The second-order valence-corrected chi connectivity index (χ2v) is 15.1. The van der Waals surface area contributed by atoms with Crippen LogP contribution in [0.25, 0.3) is 78.6 Å². The first-order valence-corrected chi connectivity index (χ1v) is 18.6. The quantitative estimate of drug-likeness (QED) is 0.181. The Labute approximate surface area is 296 Å². The first-order valence-electron chi connectivity index (χ1n) is 16.9. The highest BCUT2D eigenvalue weighted by Gasteiger charge is 2.21. The van der Waals surface area contributed by atoms with Crippen molar-refractivity contribution in [3.8, 4) is 5.69 Å². The summed E-state index contributed by atoms with van der Waals surface area (Å²) in [6.07, 6.45) is 0. The molecule has 4 heteroatoms. The number of thiophene rings is 2. The zero-order chi connectivity index (χ0) is 32.8. The highest BCUT2D eigenvalue weighted by molar-refractivity contribution is 7.26. The van der Waals surface area contributed by atoms with E-state index in [0.29, 0.717) is 0 Å². The summed E-state index contributed by atoms with van der Waals surface area (Å²) in [6, 6.07) is 62.4. The minimum atomic E-state index is 1.14. The zero-order valence-corrected chi connectivity index (χ0v) is 28.5. The number of nitrogens with zero attached hydrogens (tertiary/aromatic N) is 2. The maximum Gasteiger partial charge on any atom is 0.0640 e. The summed E-state index contributed by atoms with van der Waals surface area (Å²) in [6.45, 7) is 0. The van der Waals surface area contributed by atoms with Crippen LogP contribution in [0, 0.1) is 0 Å². The van der Waals surface area contributed by atoms with Crippen molar-refractivity contribution in [2.75, 3.05) is 4.90 Å². The van der Waals surface area contributed by atoms with Crippen molar-refractivity contribution in [1.29, 1.82) is 0 Å². The van der Waals surface area contributed by atoms with Crippen LogP contribution in [0.3, 0.4) is 0 Å². The lowest BCUT2D eigenvalue weighted by Gasteiger charge is -2.27. The van der Waals surface area contributed by atoms with Crippen molar-refractivity contribution >= 4 is 113 Å². The van der Waals surface area contributed by atoms with E-state index in [1.807, 2.05) is 22.7 Å². The highest BCUT2D eigenvalue weighted by Crippen LogP contribution is 2.47. The number of para-hydroxylation sites is 2. The summed E-state index contributed by atoms with van der Waals surface area (Å²) >= 11 is 3.75. The molecule has 0 aliphatic heterocycles. The van der Waals surface area contributed by atoms with Crippen LogP contribution in [-0.4, -0.2) is 4.57 Å². The standard InChI is InChI=1S/C46H28N2S2/c1-2-11-30(12-3-1)48-39-17-7-4-13-34(39)38-28-32(23-25-40(38)48)47(41-18-10-16-36-35-14-5-8-19-42(35)50-46(36)41)31-22-24-33-29(27-31)21-26-44-45(33)37-15-6-9-20-43(37)49-44/h1-28H. The van der Waals surface area contributed by atoms with E-state index in [4.69, 9.17) is 0 Å². The van der Waals surface area contributed by atoms with Crippen LogP contribution in [0.15, 0.2) is 170 Å². The maximum absolute atomic E-state index is 2.47. The largest absolute Gasteiger partial charge is 0.309 e. The molecule has 11 aromatic rings. The molecule has 0 bridgehead atoms. The Morgan fingerprint density at radius 2 is 1.08 bits per heavy atom.